The fourth-order valence-electron chi connectivity index (χ4n) is 3.75. The van der Waals surface area contributed by atoms with Crippen LogP contribution in [0.5, 0.6) is 5.75 Å². The highest BCUT2D eigenvalue weighted by atomic mass is 16.5. The van der Waals surface area contributed by atoms with Gasteiger partial charge in [-0.15, -0.1) is 0 Å². The predicted molar refractivity (Wildman–Crippen MR) is 105 cm³/mol. The Morgan fingerprint density at radius 1 is 1.25 bits per heavy atom. The van der Waals surface area contributed by atoms with Crippen LogP contribution in [0.25, 0.3) is 11.3 Å². The van der Waals surface area contributed by atoms with Gasteiger partial charge in [0.1, 0.15) is 5.75 Å². The molecule has 148 valence electrons. The van der Waals surface area contributed by atoms with E-state index in [9.17, 15) is 10.0 Å². The van der Waals surface area contributed by atoms with Gasteiger partial charge in [-0.05, 0) is 31.2 Å². The highest BCUT2D eigenvalue weighted by Gasteiger charge is 2.28. The van der Waals surface area contributed by atoms with Gasteiger partial charge in [-0.1, -0.05) is 0 Å². The van der Waals surface area contributed by atoms with Crippen molar-refractivity contribution in [2.24, 2.45) is 0 Å². The largest absolute Gasteiger partial charge is 0.618 e. The minimum absolute atomic E-state index is 0.0387. The van der Waals surface area contributed by atoms with Crippen LogP contribution in [0.4, 0.5) is 5.69 Å². The van der Waals surface area contributed by atoms with Crippen molar-refractivity contribution in [3.63, 3.8) is 0 Å². The third-order valence-electron chi connectivity index (χ3n) is 5.44. The van der Waals surface area contributed by atoms with Crippen LogP contribution in [0.15, 0.2) is 36.4 Å². The Bertz CT molecular complexity index is 886. The quantitative estimate of drug-likeness (QED) is 0.594. The summed E-state index contributed by atoms with van der Waals surface area (Å²) in [4.78, 5) is 16.7. The lowest BCUT2D eigenvalue weighted by atomic mass is 10.1. The van der Waals surface area contributed by atoms with Crippen LogP contribution in [0.1, 0.15) is 12.6 Å². The van der Waals surface area contributed by atoms with Crippen LogP contribution >= 0.6 is 0 Å². The summed E-state index contributed by atoms with van der Waals surface area (Å²) in [6, 6.07) is 11.3. The van der Waals surface area contributed by atoms with Gasteiger partial charge >= 0.3 is 0 Å². The Labute approximate surface area is 164 Å². The van der Waals surface area contributed by atoms with Crippen molar-refractivity contribution in [3.8, 4) is 17.0 Å². The number of rotatable bonds is 4. The van der Waals surface area contributed by atoms with Gasteiger partial charge in [0, 0.05) is 50.3 Å². The topological polar surface area (TPSA) is 69.0 Å². The molecule has 0 spiro atoms. The molecule has 1 amide bonds. The van der Waals surface area contributed by atoms with Crippen LogP contribution in [-0.2, 0) is 9.53 Å². The van der Waals surface area contributed by atoms with E-state index in [-0.39, 0.29) is 12.5 Å². The molecular weight excluding hydrogens is 358 g/mol. The Hall–Kier alpha value is -2.64. The van der Waals surface area contributed by atoms with E-state index in [2.05, 4.69) is 11.8 Å². The molecule has 0 N–H and O–H groups in total. The average molecular weight is 383 g/mol. The fraction of sp³-hybridized carbons (Fsp3) is 0.429. The van der Waals surface area contributed by atoms with Gasteiger partial charge in [0.15, 0.2) is 12.3 Å². The number of carbonyl (C=O) groups is 1. The minimum Gasteiger partial charge on any atom is -0.618 e. The number of carbonyl (C=O) groups excluding carboxylic acids is 1. The van der Waals surface area contributed by atoms with Gasteiger partial charge in [0.05, 0.1) is 18.9 Å². The SMILES string of the molecule is Cc1cccc(-c2ccc3c(c2)N(CCN2CCOCC2C)C(=O)CO3)[n+]1[O-]. The number of aryl methyl sites for hydroxylation is 1. The number of amides is 1. The molecule has 4 rings (SSSR count). The van der Waals surface area contributed by atoms with Gasteiger partial charge in [-0.3, -0.25) is 9.69 Å². The molecule has 7 heteroatoms. The molecule has 3 heterocycles. The van der Waals surface area contributed by atoms with Gasteiger partial charge in [-0.2, -0.15) is 4.73 Å². The van der Waals surface area contributed by atoms with Crippen molar-refractivity contribution < 1.29 is 19.0 Å². The highest BCUT2D eigenvalue weighted by Crippen LogP contribution is 2.35. The Morgan fingerprint density at radius 2 is 2.11 bits per heavy atom. The molecule has 1 aromatic carbocycles. The summed E-state index contributed by atoms with van der Waals surface area (Å²) in [5.74, 6) is 0.605. The fourth-order valence-corrected chi connectivity index (χ4v) is 3.75. The van der Waals surface area contributed by atoms with E-state index < -0.39 is 0 Å². The van der Waals surface area contributed by atoms with E-state index in [1.165, 1.54) is 0 Å². The third kappa shape index (κ3) is 3.55. The molecule has 1 aromatic heterocycles. The van der Waals surface area contributed by atoms with E-state index in [0.717, 1.165) is 35.7 Å². The molecule has 0 aliphatic carbocycles. The normalized spacial score (nSPS) is 20.0. The first kappa shape index (κ1) is 18.7. The standard InChI is InChI=1S/C21H25N3O4/c1-15-4-3-5-18(24(15)26)17-6-7-20-19(12-17)23(21(25)14-28-20)9-8-22-10-11-27-13-16(22)2/h3-7,12,16H,8-11,13-14H2,1-2H3. The molecule has 0 saturated carbocycles. The van der Waals surface area contributed by atoms with Crippen molar-refractivity contribution in [1.29, 1.82) is 0 Å². The number of pyridine rings is 1. The van der Waals surface area contributed by atoms with E-state index >= 15 is 0 Å². The first-order valence-corrected chi connectivity index (χ1v) is 9.63. The van der Waals surface area contributed by atoms with E-state index in [0.29, 0.717) is 36.3 Å². The van der Waals surface area contributed by atoms with Crippen LogP contribution < -0.4 is 14.4 Å². The third-order valence-corrected chi connectivity index (χ3v) is 5.44. The van der Waals surface area contributed by atoms with Gasteiger partial charge in [0.25, 0.3) is 5.91 Å². The molecular formula is C21H25N3O4. The maximum absolute atomic E-state index is 12.6. The maximum Gasteiger partial charge on any atom is 0.265 e. The predicted octanol–water partition coefficient (Wildman–Crippen LogP) is 1.74. The second-order valence-electron chi connectivity index (χ2n) is 7.32. The summed E-state index contributed by atoms with van der Waals surface area (Å²) in [6.07, 6.45) is 0. The number of fused-ring (bicyclic) bond motifs is 1. The van der Waals surface area contributed by atoms with Crippen molar-refractivity contribution in [3.05, 3.63) is 47.3 Å². The molecule has 1 unspecified atom stereocenters. The summed E-state index contributed by atoms with van der Waals surface area (Å²) in [6.45, 7) is 7.60. The van der Waals surface area contributed by atoms with Crippen molar-refractivity contribution in [1.82, 2.24) is 4.90 Å². The zero-order chi connectivity index (χ0) is 19.7. The maximum atomic E-state index is 12.6. The van der Waals surface area contributed by atoms with Crippen molar-refractivity contribution in [2.75, 3.05) is 44.4 Å². The number of hydrogen-bond donors (Lipinski definition) is 0. The zero-order valence-electron chi connectivity index (χ0n) is 16.3. The van der Waals surface area contributed by atoms with Gasteiger partial charge in [-0.25, -0.2) is 0 Å². The molecule has 2 aromatic rings. The molecule has 0 bridgehead atoms. The number of nitrogens with zero attached hydrogens (tertiary/aromatic N) is 3. The van der Waals surface area contributed by atoms with E-state index in [4.69, 9.17) is 9.47 Å². The van der Waals surface area contributed by atoms with Gasteiger partial charge in [0.2, 0.25) is 5.69 Å². The molecule has 1 fully saturated rings. The lowest BCUT2D eigenvalue weighted by molar-refractivity contribution is -0.600. The highest BCUT2D eigenvalue weighted by molar-refractivity contribution is 5.98. The number of benzene rings is 1. The lowest BCUT2D eigenvalue weighted by Crippen LogP contribution is -2.49. The Kier molecular flexibility index (Phi) is 5.19. The lowest BCUT2D eigenvalue weighted by Gasteiger charge is -2.36. The number of anilines is 1. The second-order valence-corrected chi connectivity index (χ2v) is 7.32. The van der Waals surface area contributed by atoms with Crippen LogP contribution in [0.2, 0.25) is 0 Å². The molecule has 28 heavy (non-hydrogen) atoms. The summed E-state index contributed by atoms with van der Waals surface area (Å²) in [5.41, 5.74) is 2.67. The van der Waals surface area contributed by atoms with Gasteiger partial charge < -0.3 is 19.6 Å². The molecule has 0 radical (unpaired) electrons. The summed E-state index contributed by atoms with van der Waals surface area (Å²) in [7, 11) is 0. The number of morpholine rings is 1. The summed E-state index contributed by atoms with van der Waals surface area (Å²) < 4.78 is 12.0. The number of ether oxygens (including phenoxy) is 2. The Balaban J connectivity index is 1.61. The first-order valence-electron chi connectivity index (χ1n) is 9.63. The average Bonchev–Trinajstić information content (AvgIpc) is 2.70. The van der Waals surface area contributed by atoms with Crippen LogP contribution in [0, 0.1) is 12.1 Å². The molecule has 1 saturated heterocycles. The minimum atomic E-state index is -0.0650. The second kappa shape index (κ2) is 7.77. The van der Waals surface area contributed by atoms with E-state index in [1.807, 2.05) is 24.3 Å². The number of aromatic nitrogens is 1. The molecule has 2 aliphatic rings. The number of hydrogen-bond acceptors (Lipinski definition) is 5. The monoisotopic (exact) mass is 383 g/mol. The summed E-state index contributed by atoms with van der Waals surface area (Å²) in [5, 5.41) is 12.4. The first-order chi connectivity index (χ1) is 13.5. The summed E-state index contributed by atoms with van der Waals surface area (Å²) >= 11 is 0. The molecule has 1 atom stereocenters. The molecule has 2 aliphatic heterocycles. The van der Waals surface area contributed by atoms with E-state index in [1.54, 1.807) is 24.0 Å². The van der Waals surface area contributed by atoms with Crippen molar-refractivity contribution in [2.45, 2.75) is 19.9 Å². The zero-order valence-corrected chi connectivity index (χ0v) is 16.3. The van der Waals surface area contributed by atoms with Crippen molar-refractivity contribution >= 4 is 11.6 Å². The van der Waals surface area contributed by atoms with Crippen LogP contribution in [0.3, 0.4) is 0 Å². The smallest absolute Gasteiger partial charge is 0.265 e. The Morgan fingerprint density at radius 3 is 2.93 bits per heavy atom. The molecule has 7 nitrogen and oxygen atoms in total. The van der Waals surface area contributed by atoms with Crippen LogP contribution in [-0.4, -0.2) is 56.3 Å².